The molecule has 134 valence electrons. The molecule has 0 fully saturated rings. The molecule has 0 atom stereocenters. The lowest BCUT2D eigenvalue weighted by atomic mass is 10.1. The van der Waals surface area contributed by atoms with Gasteiger partial charge < -0.3 is 0 Å². The van der Waals surface area contributed by atoms with Crippen LogP contribution in [0, 0.1) is 0 Å². The molecule has 2 heterocycles. The minimum Gasteiger partial charge on any atom is -0.264 e. The monoisotopic (exact) mass is 375 g/mol. The summed E-state index contributed by atoms with van der Waals surface area (Å²) in [5.41, 5.74) is 2.35. The lowest BCUT2D eigenvalue weighted by Gasteiger charge is -2.11. The van der Waals surface area contributed by atoms with Gasteiger partial charge >= 0.3 is 0 Å². The largest absolute Gasteiger partial charge is 0.264 e. The highest BCUT2D eigenvalue weighted by Gasteiger charge is 2.16. The molecule has 0 saturated carbocycles. The molecule has 4 aromatic rings. The van der Waals surface area contributed by atoms with E-state index in [0.717, 1.165) is 21.9 Å². The Balaban J connectivity index is 1.61. The third-order valence-corrected chi connectivity index (χ3v) is 5.71. The molecule has 27 heavy (non-hydrogen) atoms. The molecule has 0 bridgehead atoms. The van der Waals surface area contributed by atoms with Crippen LogP contribution >= 0.6 is 0 Å². The lowest BCUT2D eigenvalue weighted by Crippen LogP contribution is -2.23. The smallest absolute Gasteiger partial charge is 0.240 e. The summed E-state index contributed by atoms with van der Waals surface area (Å²) in [5, 5.41) is 1.89. The second kappa shape index (κ2) is 7.26. The van der Waals surface area contributed by atoms with Gasteiger partial charge in [0, 0.05) is 30.7 Å². The predicted molar refractivity (Wildman–Crippen MR) is 105 cm³/mol. The maximum atomic E-state index is 12.8. The molecule has 2 aromatic heterocycles. The number of fused-ring (bicyclic) bond motifs is 1. The third-order valence-electron chi connectivity index (χ3n) is 4.31. The first-order valence-corrected chi connectivity index (χ1v) is 9.94. The van der Waals surface area contributed by atoms with Crippen LogP contribution in [0.25, 0.3) is 22.0 Å². The SMILES string of the molecule is O=S(=O)(NCc1cccnc1-c1cccnc1)c1ccc2ccccc2c1. The van der Waals surface area contributed by atoms with E-state index >= 15 is 0 Å². The van der Waals surface area contributed by atoms with Gasteiger partial charge in [0.1, 0.15) is 0 Å². The molecule has 0 aliphatic carbocycles. The standard InChI is InChI=1S/C21H17N3O2S/c25-27(26,20-10-9-16-5-1-2-6-17(16)13-20)24-15-19-8-4-12-23-21(19)18-7-3-11-22-14-18/h1-14,24H,15H2. The zero-order valence-corrected chi connectivity index (χ0v) is 15.2. The van der Waals surface area contributed by atoms with Gasteiger partial charge in [-0.2, -0.15) is 0 Å². The van der Waals surface area contributed by atoms with E-state index in [1.165, 1.54) is 0 Å². The van der Waals surface area contributed by atoms with Crippen molar-refractivity contribution >= 4 is 20.8 Å². The molecule has 5 nitrogen and oxygen atoms in total. The van der Waals surface area contributed by atoms with Crippen molar-refractivity contribution in [3.8, 4) is 11.3 Å². The summed E-state index contributed by atoms with van der Waals surface area (Å²) < 4.78 is 28.2. The summed E-state index contributed by atoms with van der Waals surface area (Å²) in [5.74, 6) is 0. The molecule has 0 spiro atoms. The summed E-state index contributed by atoms with van der Waals surface area (Å²) in [6, 6.07) is 20.2. The van der Waals surface area contributed by atoms with E-state index in [4.69, 9.17) is 0 Å². The Bertz CT molecular complexity index is 1190. The minimum atomic E-state index is -3.64. The Hall–Kier alpha value is -3.09. The van der Waals surface area contributed by atoms with Crippen molar-refractivity contribution in [2.24, 2.45) is 0 Å². The normalized spacial score (nSPS) is 11.6. The van der Waals surface area contributed by atoms with Gasteiger partial charge in [-0.15, -0.1) is 0 Å². The highest BCUT2D eigenvalue weighted by Crippen LogP contribution is 2.22. The van der Waals surface area contributed by atoms with Crippen molar-refractivity contribution in [3.05, 3.63) is 90.9 Å². The van der Waals surface area contributed by atoms with Crippen LogP contribution in [0.3, 0.4) is 0 Å². The summed E-state index contributed by atoms with van der Waals surface area (Å²) in [6.07, 6.45) is 5.09. The van der Waals surface area contributed by atoms with Crippen LogP contribution in [-0.2, 0) is 16.6 Å². The topological polar surface area (TPSA) is 72.0 Å². The summed E-state index contributed by atoms with van der Waals surface area (Å²) in [4.78, 5) is 8.74. The van der Waals surface area contributed by atoms with Gasteiger partial charge in [0.15, 0.2) is 0 Å². The van der Waals surface area contributed by atoms with Crippen LogP contribution in [0.15, 0.2) is 90.2 Å². The predicted octanol–water partition coefficient (Wildman–Crippen LogP) is 3.78. The van der Waals surface area contributed by atoms with Crippen molar-refractivity contribution in [3.63, 3.8) is 0 Å². The molecule has 0 aliphatic heterocycles. The second-order valence-electron chi connectivity index (χ2n) is 6.09. The van der Waals surface area contributed by atoms with E-state index in [9.17, 15) is 8.42 Å². The molecule has 0 saturated heterocycles. The third kappa shape index (κ3) is 3.72. The van der Waals surface area contributed by atoms with E-state index in [0.29, 0.717) is 5.69 Å². The molecule has 0 radical (unpaired) electrons. The van der Waals surface area contributed by atoms with Crippen molar-refractivity contribution in [2.75, 3.05) is 0 Å². The van der Waals surface area contributed by atoms with Crippen LogP contribution in [0.5, 0.6) is 0 Å². The van der Waals surface area contributed by atoms with Crippen molar-refractivity contribution in [1.82, 2.24) is 14.7 Å². The van der Waals surface area contributed by atoms with Gasteiger partial charge in [0.2, 0.25) is 10.0 Å². The van der Waals surface area contributed by atoms with Gasteiger partial charge in [-0.1, -0.05) is 36.4 Å². The zero-order chi connectivity index (χ0) is 18.7. The molecule has 0 unspecified atom stereocenters. The number of hydrogen-bond donors (Lipinski definition) is 1. The molecule has 1 N–H and O–H groups in total. The maximum Gasteiger partial charge on any atom is 0.240 e. The lowest BCUT2D eigenvalue weighted by molar-refractivity contribution is 0.581. The Morgan fingerprint density at radius 2 is 1.67 bits per heavy atom. The highest BCUT2D eigenvalue weighted by molar-refractivity contribution is 7.89. The zero-order valence-electron chi connectivity index (χ0n) is 14.4. The van der Waals surface area contributed by atoms with Gasteiger partial charge in [-0.3, -0.25) is 9.97 Å². The molecular formula is C21H17N3O2S. The van der Waals surface area contributed by atoms with E-state index in [1.807, 2.05) is 48.5 Å². The van der Waals surface area contributed by atoms with Crippen LogP contribution in [0.4, 0.5) is 0 Å². The molecule has 0 aliphatic rings. The quantitative estimate of drug-likeness (QED) is 0.576. The van der Waals surface area contributed by atoms with Gasteiger partial charge in [0.25, 0.3) is 0 Å². The number of pyridine rings is 2. The maximum absolute atomic E-state index is 12.8. The summed E-state index contributed by atoms with van der Waals surface area (Å²) >= 11 is 0. The van der Waals surface area contributed by atoms with Crippen LogP contribution in [0.1, 0.15) is 5.56 Å². The number of nitrogens with one attached hydrogen (secondary N) is 1. The van der Waals surface area contributed by atoms with E-state index in [1.54, 1.807) is 36.8 Å². The first-order valence-electron chi connectivity index (χ1n) is 8.46. The molecule has 2 aromatic carbocycles. The fourth-order valence-electron chi connectivity index (χ4n) is 2.93. The average Bonchev–Trinajstić information content (AvgIpc) is 2.73. The number of aromatic nitrogens is 2. The van der Waals surface area contributed by atoms with E-state index < -0.39 is 10.0 Å². The minimum absolute atomic E-state index is 0.146. The Morgan fingerprint density at radius 3 is 2.48 bits per heavy atom. The average molecular weight is 375 g/mol. The number of sulfonamides is 1. The number of rotatable bonds is 5. The van der Waals surface area contributed by atoms with Gasteiger partial charge in [-0.05, 0) is 46.7 Å². The molecular weight excluding hydrogens is 358 g/mol. The first-order chi connectivity index (χ1) is 13.1. The molecule has 0 amide bonds. The van der Waals surface area contributed by atoms with Crippen LogP contribution in [0.2, 0.25) is 0 Å². The Morgan fingerprint density at radius 1 is 0.852 bits per heavy atom. The summed E-state index contributed by atoms with van der Waals surface area (Å²) in [6.45, 7) is 0.146. The van der Waals surface area contributed by atoms with E-state index in [-0.39, 0.29) is 11.4 Å². The first kappa shape index (κ1) is 17.3. The number of nitrogens with zero attached hydrogens (tertiary/aromatic N) is 2. The van der Waals surface area contributed by atoms with Crippen molar-refractivity contribution in [2.45, 2.75) is 11.4 Å². The highest BCUT2D eigenvalue weighted by atomic mass is 32.2. The Kier molecular flexibility index (Phi) is 4.66. The van der Waals surface area contributed by atoms with Gasteiger partial charge in [0.05, 0.1) is 10.6 Å². The summed E-state index contributed by atoms with van der Waals surface area (Å²) in [7, 11) is -3.64. The number of benzene rings is 2. The molecule has 4 rings (SSSR count). The second-order valence-corrected chi connectivity index (χ2v) is 7.85. The Labute approximate surface area is 157 Å². The van der Waals surface area contributed by atoms with Crippen molar-refractivity contribution in [1.29, 1.82) is 0 Å². The van der Waals surface area contributed by atoms with Gasteiger partial charge in [-0.25, -0.2) is 13.1 Å². The van der Waals surface area contributed by atoms with Crippen LogP contribution < -0.4 is 4.72 Å². The fourth-order valence-corrected chi connectivity index (χ4v) is 3.98. The van der Waals surface area contributed by atoms with E-state index in [2.05, 4.69) is 14.7 Å². The van der Waals surface area contributed by atoms with Crippen molar-refractivity contribution < 1.29 is 8.42 Å². The molecule has 6 heteroatoms. The van der Waals surface area contributed by atoms with Crippen LogP contribution in [-0.4, -0.2) is 18.4 Å². The number of hydrogen-bond acceptors (Lipinski definition) is 4. The fraction of sp³-hybridized carbons (Fsp3) is 0.0476.